The lowest BCUT2D eigenvalue weighted by atomic mass is 10.0. The highest BCUT2D eigenvalue weighted by molar-refractivity contribution is 7.09. The molecule has 0 spiro atoms. The smallest absolute Gasteiger partial charge is 0.246 e. The maximum atomic E-state index is 12.3. The van der Waals surface area contributed by atoms with Crippen molar-refractivity contribution in [2.75, 3.05) is 0 Å². The number of thiazole rings is 1. The fourth-order valence-corrected chi connectivity index (χ4v) is 2.78. The van der Waals surface area contributed by atoms with Gasteiger partial charge in [-0.05, 0) is 12.8 Å². The van der Waals surface area contributed by atoms with Gasteiger partial charge in [0.1, 0.15) is 12.1 Å². The molecule has 1 fully saturated rings. The van der Waals surface area contributed by atoms with E-state index in [0.29, 0.717) is 19.4 Å². The first kappa shape index (κ1) is 13.0. The third-order valence-electron chi connectivity index (χ3n) is 3.18. The minimum absolute atomic E-state index is 0.0114. The number of amides is 2. The Kier molecular flexibility index (Phi) is 3.96. The van der Waals surface area contributed by atoms with Gasteiger partial charge >= 0.3 is 0 Å². The van der Waals surface area contributed by atoms with E-state index >= 15 is 0 Å². The molecule has 1 aliphatic rings. The van der Waals surface area contributed by atoms with Crippen LogP contribution in [0.4, 0.5) is 0 Å². The first-order chi connectivity index (χ1) is 8.67. The molecule has 1 aromatic rings. The Morgan fingerprint density at radius 3 is 2.72 bits per heavy atom. The zero-order valence-corrected chi connectivity index (χ0v) is 11.4. The van der Waals surface area contributed by atoms with Crippen molar-refractivity contribution in [2.24, 2.45) is 0 Å². The van der Waals surface area contributed by atoms with Crippen molar-refractivity contribution < 1.29 is 9.59 Å². The van der Waals surface area contributed by atoms with E-state index < -0.39 is 0 Å². The molecule has 0 bridgehead atoms. The number of hydrogen-bond donors (Lipinski definition) is 1. The van der Waals surface area contributed by atoms with Crippen molar-refractivity contribution in [1.29, 1.82) is 0 Å². The fourth-order valence-electron chi connectivity index (χ4n) is 2.18. The molecule has 2 atom stereocenters. The highest BCUT2D eigenvalue weighted by atomic mass is 32.1. The molecule has 18 heavy (non-hydrogen) atoms. The summed E-state index contributed by atoms with van der Waals surface area (Å²) in [6, 6.07) is -0.740. The van der Waals surface area contributed by atoms with Crippen LogP contribution in [0.5, 0.6) is 0 Å². The molecule has 1 aromatic heterocycles. The lowest BCUT2D eigenvalue weighted by Crippen LogP contribution is -2.62. The number of aromatic nitrogens is 1. The predicted molar refractivity (Wildman–Crippen MR) is 69.0 cm³/mol. The third kappa shape index (κ3) is 2.38. The monoisotopic (exact) mass is 267 g/mol. The molecule has 0 saturated carbocycles. The van der Waals surface area contributed by atoms with Gasteiger partial charge in [0.25, 0.3) is 0 Å². The van der Waals surface area contributed by atoms with Crippen LogP contribution in [0.1, 0.15) is 31.6 Å². The Balaban J connectivity index is 2.20. The van der Waals surface area contributed by atoms with Gasteiger partial charge in [0.15, 0.2) is 0 Å². The highest BCUT2D eigenvalue weighted by Crippen LogP contribution is 2.19. The quantitative estimate of drug-likeness (QED) is 0.890. The summed E-state index contributed by atoms with van der Waals surface area (Å²) < 4.78 is 0. The Labute approximate surface area is 110 Å². The minimum Gasteiger partial charge on any atom is -0.343 e. The fraction of sp³-hybridized carbons (Fsp3) is 0.583. The van der Waals surface area contributed by atoms with Crippen LogP contribution in [0.3, 0.4) is 0 Å². The topological polar surface area (TPSA) is 62.3 Å². The van der Waals surface area contributed by atoms with Crippen molar-refractivity contribution in [3.63, 3.8) is 0 Å². The number of nitrogens with one attached hydrogen (secondary N) is 1. The number of hydrogen-bond acceptors (Lipinski definition) is 4. The first-order valence-corrected chi connectivity index (χ1v) is 7.03. The molecule has 2 unspecified atom stereocenters. The summed E-state index contributed by atoms with van der Waals surface area (Å²) in [7, 11) is 0. The van der Waals surface area contributed by atoms with Gasteiger partial charge in [-0.2, -0.15) is 0 Å². The summed E-state index contributed by atoms with van der Waals surface area (Å²) in [6.07, 6.45) is 3.01. The second-order valence-electron chi connectivity index (χ2n) is 4.33. The van der Waals surface area contributed by atoms with Crippen LogP contribution in [-0.4, -0.2) is 33.8 Å². The normalized spacial score (nSPS) is 24.2. The maximum Gasteiger partial charge on any atom is 0.246 e. The Morgan fingerprint density at radius 1 is 1.39 bits per heavy atom. The average molecular weight is 267 g/mol. The molecule has 2 heterocycles. The molecule has 0 radical (unpaired) electrons. The van der Waals surface area contributed by atoms with E-state index in [1.54, 1.807) is 16.6 Å². The van der Waals surface area contributed by atoms with Gasteiger partial charge in [0.05, 0.1) is 12.1 Å². The van der Waals surface area contributed by atoms with Gasteiger partial charge in [-0.25, -0.2) is 0 Å². The first-order valence-electron chi connectivity index (χ1n) is 6.15. The van der Waals surface area contributed by atoms with E-state index in [2.05, 4.69) is 10.3 Å². The molecule has 6 heteroatoms. The molecule has 0 aliphatic carbocycles. The summed E-state index contributed by atoms with van der Waals surface area (Å²) in [4.78, 5) is 30.9. The zero-order chi connectivity index (χ0) is 13.1. The molecular formula is C12H17N3O2S. The SMILES string of the molecule is CCC1NC(=O)C(CC)N(Cc2cncs2)C1=O. The maximum absolute atomic E-state index is 12.3. The van der Waals surface area contributed by atoms with Crippen LogP contribution in [0.15, 0.2) is 11.7 Å². The van der Waals surface area contributed by atoms with Gasteiger partial charge in [-0.15, -0.1) is 11.3 Å². The largest absolute Gasteiger partial charge is 0.343 e. The molecule has 2 rings (SSSR count). The summed E-state index contributed by atoms with van der Waals surface area (Å²) in [5.74, 6) is -0.0363. The third-order valence-corrected chi connectivity index (χ3v) is 3.95. The van der Waals surface area contributed by atoms with Crippen LogP contribution in [-0.2, 0) is 16.1 Å². The van der Waals surface area contributed by atoms with Crippen molar-refractivity contribution in [3.05, 3.63) is 16.6 Å². The van der Waals surface area contributed by atoms with E-state index in [1.165, 1.54) is 11.3 Å². The van der Waals surface area contributed by atoms with Crippen LogP contribution >= 0.6 is 11.3 Å². The van der Waals surface area contributed by atoms with E-state index in [-0.39, 0.29) is 23.9 Å². The van der Waals surface area contributed by atoms with Gasteiger partial charge in [0.2, 0.25) is 11.8 Å². The highest BCUT2D eigenvalue weighted by Gasteiger charge is 2.38. The second-order valence-corrected chi connectivity index (χ2v) is 5.30. The molecule has 98 valence electrons. The van der Waals surface area contributed by atoms with Crippen LogP contribution < -0.4 is 5.32 Å². The molecule has 0 aromatic carbocycles. The molecule has 1 aliphatic heterocycles. The zero-order valence-electron chi connectivity index (χ0n) is 10.5. The van der Waals surface area contributed by atoms with E-state index in [1.807, 2.05) is 13.8 Å². The van der Waals surface area contributed by atoms with Crippen molar-refractivity contribution >= 4 is 23.2 Å². The van der Waals surface area contributed by atoms with Crippen LogP contribution in [0.25, 0.3) is 0 Å². The van der Waals surface area contributed by atoms with Gasteiger partial charge < -0.3 is 10.2 Å². The standard InChI is InChI=1S/C12H17N3O2S/c1-3-9-12(17)15(6-8-5-13-7-18-8)10(4-2)11(16)14-9/h5,7,9-10H,3-4,6H2,1-2H3,(H,14,16). The van der Waals surface area contributed by atoms with Crippen LogP contribution in [0, 0.1) is 0 Å². The number of rotatable bonds is 4. The summed E-state index contributed by atoms with van der Waals surface area (Å²) in [5, 5.41) is 2.78. The molecule has 2 amide bonds. The molecular weight excluding hydrogens is 250 g/mol. The predicted octanol–water partition coefficient (Wildman–Crippen LogP) is 1.16. The van der Waals surface area contributed by atoms with Gasteiger partial charge in [-0.3, -0.25) is 14.6 Å². The lowest BCUT2D eigenvalue weighted by Gasteiger charge is -2.38. The van der Waals surface area contributed by atoms with Crippen molar-refractivity contribution in [1.82, 2.24) is 15.2 Å². The van der Waals surface area contributed by atoms with E-state index in [0.717, 1.165) is 4.88 Å². The number of nitrogens with zero attached hydrogens (tertiary/aromatic N) is 2. The van der Waals surface area contributed by atoms with Crippen molar-refractivity contribution in [3.8, 4) is 0 Å². The molecule has 1 N–H and O–H groups in total. The Bertz CT molecular complexity index is 433. The molecule has 1 saturated heterocycles. The van der Waals surface area contributed by atoms with Gasteiger partial charge in [0, 0.05) is 11.1 Å². The summed E-state index contributed by atoms with van der Waals surface area (Å²) in [5.41, 5.74) is 1.74. The van der Waals surface area contributed by atoms with Crippen LogP contribution in [0.2, 0.25) is 0 Å². The van der Waals surface area contributed by atoms with E-state index in [9.17, 15) is 9.59 Å². The summed E-state index contributed by atoms with van der Waals surface area (Å²) >= 11 is 1.50. The number of carbonyl (C=O) groups excluding carboxylic acids is 2. The van der Waals surface area contributed by atoms with Gasteiger partial charge in [-0.1, -0.05) is 13.8 Å². The number of piperazine rings is 1. The Morgan fingerprint density at radius 2 is 2.17 bits per heavy atom. The Hall–Kier alpha value is -1.43. The minimum atomic E-state index is -0.381. The lowest BCUT2D eigenvalue weighted by molar-refractivity contribution is -0.150. The van der Waals surface area contributed by atoms with E-state index in [4.69, 9.17) is 0 Å². The number of carbonyl (C=O) groups is 2. The average Bonchev–Trinajstić information content (AvgIpc) is 2.86. The summed E-state index contributed by atoms with van der Waals surface area (Å²) in [6.45, 7) is 4.30. The second kappa shape index (κ2) is 5.48. The molecule has 5 nitrogen and oxygen atoms in total. The van der Waals surface area contributed by atoms with Crippen molar-refractivity contribution in [2.45, 2.75) is 45.3 Å².